The Morgan fingerprint density at radius 3 is 2.53 bits per heavy atom. The number of benzene rings is 2. The maximum Gasteiger partial charge on any atom is 0.261 e. The third-order valence-electron chi connectivity index (χ3n) is 5.88. The number of nitrogens with one attached hydrogen (secondary N) is 1. The molecule has 0 aromatic heterocycles. The average molecular weight is 432 g/mol. The van der Waals surface area contributed by atoms with Gasteiger partial charge in [0.1, 0.15) is 5.75 Å². The maximum absolute atomic E-state index is 12.9. The number of phenols is 1. The van der Waals surface area contributed by atoms with Gasteiger partial charge in [-0.25, -0.2) is 8.42 Å². The van der Waals surface area contributed by atoms with Crippen LogP contribution >= 0.6 is 0 Å². The number of aliphatic hydroxyl groups is 1. The highest BCUT2D eigenvalue weighted by molar-refractivity contribution is 7.92. The van der Waals surface area contributed by atoms with Gasteiger partial charge in [0.2, 0.25) is 0 Å². The number of carbonyl (C=O) groups excluding carboxylic acids is 1. The smallest absolute Gasteiger partial charge is 0.261 e. The summed E-state index contributed by atoms with van der Waals surface area (Å²) in [5.74, 6) is -0.316. The van der Waals surface area contributed by atoms with E-state index >= 15 is 0 Å². The highest BCUT2D eigenvalue weighted by Crippen LogP contribution is 2.32. The fourth-order valence-corrected chi connectivity index (χ4v) is 4.83. The predicted molar refractivity (Wildman–Crippen MR) is 116 cm³/mol. The van der Waals surface area contributed by atoms with E-state index in [1.165, 1.54) is 25.1 Å². The molecule has 0 bridgehead atoms. The molecular formula is C23H29NO5S. The molecule has 2 aromatic carbocycles. The number of rotatable bonds is 9. The summed E-state index contributed by atoms with van der Waals surface area (Å²) in [5, 5.41) is 20.2. The molecule has 162 valence electrons. The first kappa shape index (κ1) is 22.3. The molecule has 7 heteroatoms. The number of hydrogen-bond donors (Lipinski definition) is 3. The Balaban J connectivity index is 1.85. The minimum atomic E-state index is -3.95. The molecule has 1 aliphatic rings. The van der Waals surface area contributed by atoms with Gasteiger partial charge in [-0.15, -0.1) is 0 Å². The van der Waals surface area contributed by atoms with Gasteiger partial charge in [-0.05, 0) is 80.3 Å². The first-order chi connectivity index (χ1) is 14.2. The summed E-state index contributed by atoms with van der Waals surface area (Å²) in [7, 11) is -3.95. The molecule has 1 aliphatic carbocycles. The Kier molecular flexibility index (Phi) is 6.83. The van der Waals surface area contributed by atoms with Gasteiger partial charge in [-0.2, -0.15) is 0 Å². The van der Waals surface area contributed by atoms with E-state index in [0.717, 1.165) is 36.8 Å². The number of aliphatic hydroxyl groups excluding tert-OH is 1. The zero-order valence-electron chi connectivity index (χ0n) is 17.4. The van der Waals surface area contributed by atoms with Crippen molar-refractivity contribution in [2.24, 2.45) is 5.92 Å². The van der Waals surface area contributed by atoms with E-state index < -0.39 is 15.8 Å². The number of phenolic OH excluding ortho intramolecular Hbond substituents is 1. The van der Waals surface area contributed by atoms with E-state index in [1.54, 1.807) is 6.07 Å². The van der Waals surface area contributed by atoms with Crippen LogP contribution in [0.15, 0.2) is 41.3 Å². The molecule has 0 saturated heterocycles. The largest absolute Gasteiger partial charge is 0.507 e. The van der Waals surface area contributed by atoms with Crippen LogP contribution < -0.4 is 4.72 Å². The van der Waals surface area contributed by atoms with E-state index in [1.807, 2.05) is 19.1 Å². The fourth-order valence-electron chi connectivity index (χ4n) is 3.71. The van der Waals surface area contributed by atoms with E-state index in [-0.39, 0.29) is 22.3 Å². The molecule has 6 nitrogen and oxygen atoms in total. The normalized spacial score (nSPS) is 15.4. The Morgan fingerprint density at radius 2 is 1.93 bits per heavy atom. The first-order valence-electron chi connectivity index (χ1n) is 10.4. The number of aryl methyl sites for hydroxylation is 2. The lowest BCUT2D eigenvalue weighted by atomic mass is 9.79. The third-order valence-corrected chi connectivity index (χ3v) is 7.25. The standard InChI is InChI=1S/C23H29NO5S/c1-3-16-7-10-21(18(13-16)8-11-22(26)17-5-4-6-17)24-30(28,29)19-9-12-23(27)20(14-19)15(2)25/h7,9-10,12-14,17,22,24,26-27H,3-6,8,11H2,1-2H3. The Morgan fingerprint density at radius 1 is 1.20 bits per heavy atom. The lowest BCUT2D eigenvalue weighted by molar-refractivity contribution is 0.0560. The van der Waals surface area contributed by atoms with Crippen molar-refractivity contribution < 1.29 is 23.4 Å². The molecule has 0 spiro atoms. The van der Waals surface area contributed by atoms with Crippen molar-refractivity contribution >= 4 is 21.5 Å². The van der Waals surface area contributed by atoms with Crippen molar-refractivity contribution in [2.45, 2.75) is 63.4 Å². The van der Waals surface area contributed by atoms with Crippen LogP contribution in [-0.2, 0) is 22.9 Å². The maximum atomic E-state index is 12.9. The van der Waals surface area contributed by atoms with Crippen LogP contribution in [0.25, 0.3) is 0 Å². The van der Waals surface area contributed by atoms with Gasteiger partial charge in [-0.3, -0.25) is 9.52 Å². The molecule has 1 fully saturated rings. The summed E-state index contributed by atoms with van der Waals surface area (Å²) in [6.07, 6.45) is 4.86. The van der Waals surface area contributed by atoms with Crippen molar-refractivity contribution in [3.63, 3.8) is 0 Å². The summed E-state index contributed by atoms with van der Waals surface area (Å²) in [6.45, 7) is 3.31. The zero-order valence-corrected chi connectivity index (χ0v) is 18.2. The number of hydrogen-bond acceptors (Lipinski definition) is 5. The second-order valence-corrected chi connectivity index (χ2v) is 9.67. The van der Waals surface area contributed by atoms with Gasteiger partial charge in [0.25, 0.3) is 10.0 Å². The number of Topliss-reactive ketones (excluding diaryl/α,β-unsaturated/α-hetero) is 1. The van der Waals surface area contributed by atoms with E-state index in [0.29, 0.717) is 24.4 Å². The average Bonchev–Trinajstić information content (AvgIpc) is 2.65. The molecule has 0 heterocycles. The number of carbonyl (C=O) groups is 1. The molecular weight excluding hydrogens is 402 g/mol. The lowest BCUT2D eigenvalue weighted by Gasteiger charge is -2.30. The molecule has 0 aliphatic heterocycles. The summed E-state index contributed by atoms with van der Waals surface area (Å²) in [5.41, 5.74) is 2.35. The predicted octanol–water partition coefficient (Wildman–Crippen LogP) is 4.05. The van der Waals surface area contributed by atoms with Gasteiger partial charge in [0, 0.05) is 0 Å². The van der Waals surface area contributed by atoms with Crippen LogP contribution in [0.1, 0.15) is 61.0 Å². The van der Waals surface area contributed by atoms with Gasteiger partial charge in [-0.1, -0.05) is 25.5 Å². The van der Waals surface area contributed by atoms with Gasteiger partial charge < -0.3 is 10.2 Å². The molecule has 2 aromatic rings. The van der Waals surface area contributed by atoms with E-state index in [2.05, 4.69) is 4.72 Å². The molecule has 3 rings (SSSR count). The molecule has 1 saturated carbocycles. The van der Waals surface area contributed by atoms with Crippen molar-refractivity contribution in [1.82, 2.24) is 0 Å². The minimum absolute atomic E-state index is 0.0388. The summed E-state index contributed by atoms with van der Waals surface area (Å²) >= 11 is 0. The first-order valence-corrected chi connectivity index (χ1v) is 11.9. The van der Waals surface area contributed by atoms with Crippen LogP contribution in [0.4, 0.5) is 5.69 Å². The molecule has 3 N–H and O–H groups in total. The van der Waals surface area contributed by atoms with Gasteiger partial charge in [0.05, 0.1) is 22.3 Å². The van der Waals surface area contributed by atoms with Gasteiger partial charge in [0.15, 0.2) is 5.78 Å². The van der Waals surface area contributed by atoms with Crippen LogP contribution in [-0.4, -0.2) is 30.5 Å². The van der Waals surface area contributed by atoms with Crippen molar-refractivity contribution in [1.29, 1.82) is 0 Å². The Hall–Kier alpha value is -2.38. The van der Waals surface area contributed by atoms with Crippen molar-refractivity contribution in [2.75, 3.05) is 4.72 Å². The quantitative estimate of drug-likeness (QED) is 0.520. The highest BCUT2D eigenvalue weighted by atomic mass is 32.2. The number of anilines is 1. The van der Waals surface area contributed by atoms with Crippen LogP contribution in [0.2, 0.25) is 0 Å². The number of aromatic hydroxyl groups is 1. The second-order valence-electron chi connectivity index (χ2n) is 7.98. The molecule has 1 unspecified atom stereocenters. The lowest BCUT2D eigenvalue weighted by Crippen LogP contribution is -2.27. The van der Waals surface area contributed by atoms with Gasteiger partial charge >= 0.3 is 0 Å². The highest BCUT2D eigenvalue weighted by Gasteiger charge is 2.26. The topological polar surface area (TPSA) is 104 Å². The van der Waals surface area contributed by atoms with E-state index in [9.17, 15) is 23.4 Å². The molecule has 0 radical (unpaired) electrons. The van der Waals surface area contributed by atoms with Crippen molar-refractivity contribution in [3.8, 4) is 5.75 Å². The second kappa shape index (κ2) is 9.18. The molecule has 30 heavy (non-hydrogen) atoms. The third kappa shape index (κ3) is 5.02. The molecule has 1 atom stereocenters. The fraction of sp³-hybridized carbons (Fsp3) is 0.435. The Labute approximate surface area is 178 Å². The summed E-state index contributed by atoms with van der Waals surface area (Å²) in [6, 6.07) is 9.25. The van der Waals surface area contributed by atoms with E-state index in [4.69, 9.17) is 0 Å². The summed E-state index contributed by atoms with van der Waals surface area (Å²) < 4.78 is 28.5. The van der Waals surface area contributed by atoms with Crippen LogP contribution in [0.5, 0.6) is 5.75 Å². The van der Waals surface area contributed by atoms with Crippen molar-refractivity contribution in [3.05, 3.63) is 53.1 Å². The van der Waals surface area contributed by atoms with Crippen LogP contribution in [0, 0.1) is 5.92 Å². The van der Waals surface area contributed by atoms with Crippen LogP contribution in [0.3, 0.4) is 0 Å². The Bertz CT molecular complexity index is 1030. The SMILES string of the molecule is CCc1ccc(NS(=O)(=O)c2ccc(O)c(C(C)=O)c2)c(CCC(O)C2CCC2)c1. The zero-order chi connectivity index (χ0) is 21.9. The minimum Gasteiger partial charge on any atom is -0.507 e. The number of sulfonamides is 1. The number of ketones is 1. The monoisotopic (exact) mass is 431 g/mol. The summed E-state index contributed by atoms with van der Waals surface area (Å²) in [4.78, 5) is 11.6. The molecule has 0 amide bonds.